The molecule has 0 saturated carbocycles. The fourth-order valence-electron chi connectivity index (χ4n) is 1.22. The van der Waals surface area contributed by atoms with Gasteiger partial charge in [-0.05, 0) is 42.7 Å². The van der Waals surface area contributed by atoms with Crippen molar-refractivity contribution in [2.45, 2.75) is 19.6 Å². The highest BCUT2D eigenvalue weighted by Gasteiger charge is 2.01. The first-order valence-corrected chi connectivity index (χ1v) is 4.18. The third kappa shape index (κ3) is 1.69. The van der Waals surface area contributed by atoms with Crippen molar-refractivity contribution in [3.05, 3.63) is 28.8 Å². The zero-order valence-corrected chi connectivity index (χ0v) is 7.65. The molecule has 1 aromatic carbocycles. The minimum atomic E-state index is 0.338. The van der Waals surface area contributed by atoms with Crippen LogP contribution in [-0.4, -0.2) is 5.11 Å². The molecular formula is C9H12OS. The van der Waals surface area contributed by atoms with Crippen LogP contribution >= 0.6 is 12.6 Å². The lowest BCUT2D eigenvalue weighted by Gasteiger charge is -2.06. The van der Waals surface area contributed by atoms with E-state index in [2.05, 4.69) is 12.6 Å². The van der Waals surface area contributed by atoms with Crippen molar-refractivity contribution in [2.75, 3.05) is 0 Å². The summed E-state index contributed by atoms with van der Waals surface area (Å²) in [7, 11) is 0. The zero-order valence-electron chi connectivity index (χ0n) is 6.76. The number of thiol groups is 1. The second-order valence-electron chi connectivity index (χ2n) is 2.72. The Morgan fingerprint density at radius 3 is 2.09 bits per heavy atom. The van der Waals surface area contributed by atoms with Crippen LogP contribution in [0.15, 0.2) is 12.1 Å². The lowest BCUT2D eigenvalue weighted by molar-refractivity contribution is 0.474. The Kier molecular flexibility index (Phi) is 2.45. The summed E-state index contributed by atoms with van der Waals surface area (Å²) in [5.74, 6) is 1.07. The number of phenolic OH excluding ortho intramolecular Hbond substituents is 1. The van der Waals surface area contributed by atoms with Crippen LogP contribution in [0.4, 0.5) is 0 Å². The third-order valence-electron chi connectivity index (χ3n) is 1.84. The van der Waals surface area contributed by atoms with Crippen LogP contribution in [0.1, 0.15) is 16.7 Å². The largest absolute Gasteiger partial charge is 0.508 e. The van der Waals surface area contributed by atoms with E-state index in [9.17, 15) is 5.11 Å². The third-order valence-corrected chi connectivity index (χ3v) is 2.16. The van der Waals surface area contributed by atoms with E-state index >= 15 is 0 Å². The first-order chi connectivity index (χ1) is 5.15. The summed E-state index contributed by atoms with van der Waals surface area (Å²) in [5.41, 5.74) is 3.43. The van der Waals surface area contributed by atoms with Gasteiger partial charge in [0.1, 0.15) is 5.75 Å². The number of phenols is 1. The van der Waals surface area contributed by atoms with Crippen molar-refractivity contribution >= 4 is 12.6 Å². The normalized spacial score (nSPS) is 10.1. The molecule has 1 nitrogen and oxygen atoms in total. The summed E-state index contributed by atoms with van der Waals surface area (Å²) >= 11 is 4.20. The smallest absolute Gasteiger partial charge is 0.116 e. The number of rotatable bonds is 1. The van der Waals surface area contributed by atoms with Gasteiger partial charge in [-0.3, -0.25) is 0 Å². The number of aryl methyl sites for hydroxylation is 2. The highest BCUT2D eigenvalue weighted by Crippen LogP contribution is 2.21. The minimum absolute atomic E-state index is 0.338. The number of aromatic hydroxyl groups is 1. The molecule has 0 radical (unpaired) electrons. The van der Waals surface area contributed by atoms with Crippen LogP contribution < -0.4 is 0 Å². The van der Waals surface area contributed by atoms with Gasteiger partial charge in [0.25, 0.3) is 0 Å². The fraction of sp³-hybridized carbons (Fsp3) is 0.333. The Morgan fingerprint density at radius 2 is 1.73 bits per heavy atom. The summed E-state index contributed by atoms with van der Waals surface area (Å²) in [6.07, 6.45) is 0. The van der Waals surface area contributed by atoms with Crippen LogP contribution in [-0.2, 0) is 5.75 Å². The van der Waals surface area contributed by atoms with Crippen molar-refractivity contribution in [3.63, 3.8) is 0 Å². The molecule has 60 valence electrons. The molecule has 0 amide bonds. The van der Waals surface area contributed by atoms with Crippen molar-refractivity contribution in [2.24, 2.45) is 0 Å². The highest BCUT2D eigenvalue weighted by atomic mass is 32.1. The first kappa shape index (κ1) is 8.47. The molecule has 0 atom stereocenters. The van der Waals surface area contributed by atoms with E-state index in [4.69, 9.17) is 0 Å². The van der Waals surface area contributed by atoms with Gasteiger partial charge in [0, 0.05) is 5.75 Å². The topological polar surface area (TPSA) is 20.2 Å². The number of hydrogen-bond donors (Lipinski definition) is 2. The maximum absolute atomic E-state index is 9.19. The Morgan fingerprint density at radius 1 is 1.27 bits per heavy atom. The van der Waals surface area contributed by atoms with E-state index < -0.39 is 0 Å². The molecule has 0 saturated heterocycles. The maximum atomic E-state index is 9.19. The van der Waals surface area contributed by atoms with Crippen molar-refractivity contribution in [3.8, 4) is 5.75 Å². The minimum Gasteiger partial charge on any atom is -0.508 e. The van der Waals surface area contributed by atoms with E-state index in [1.54, 1.807) is 12.1 Å². The molecule has 0 aromatic heterocycles. The zero-order chi connectivity index (χ0) is 8.43. The molecule has 0 bridgehead atoms. The van der Waals surface area contributed by atoms with Gasteiger partial charge < -0.3 is 5.11 Å². The number of benzene rings is 1. The monoisotopic (exact) mass is 168 g/mol. The average molecular weight is 168 g/mol. The van der Waals surface area contributed by atoms with Crippen LogP contribution in [0.25, 0.3) is 0 Å². The van der Waals surface area contributed by atoms with Crippen molar-refractivity contribution < 1.29 is 5.11 Å². The highest BCUT2D eigenvalue weighted by molar-refractivity contribution is 7.79. The molecule has 0 spiro atoms. The van der Waals surface area contributed by atoms with Gasteiger partial charge >= 0.3 is 0 Å². The van der Waals surface area contributed by atoms with Crippen LogP contribution in [0.2, 0.25) is 0 Å². The van der Waals surface area contributed by atoms with E-state index in [-0.39, 0.29) is 0 Å². The molecular weight excluding hydrogens is 156 g/mol. The molecule has 11 heavy (non-hydrogen) atoms. The average Bonchev–Trinajstić information content (AvgIpc) is 1.85. The second kappa shape index (κ2) is 3.18. The van der Waals surface area contributed by atoms with Gasteiger partial charge in [0.05, 0.1) is 0 Å². The van der Waals surface area contributed by atoms with Crippen molar-refractivity contribution in [1.29, 1.82) is 0 Å². The van der Waals surface area contributed by atoms with Crippen molar-refractivity contribution in [1.82, 2.24) is 0 Å². The summed E-state index contributed by atoms with van der Waals surface area (Å²) in [6, 6.07) is 3.52. The Hall–Kier alpha value is -0.630. The van der Waals surface area contributed by atoms with Crippen LogP contribution in [0, 0.1) is 13.8 Å². The summed E-state index contributed by atoms with van der Waals surface area (Å²) < 4.78 is 0. The lowest BCUT2D eigenvalue weighted by atomic mass is 10.0. The van der Waals surface area contributed by atoms with Gasteiger partial charge in [-0.15, -0.1) is 0 Å². The van der Waals surface area contributed by atoms with Crippen LogP contribution in [0.3, 0.4) is 0 Å². The molecule has 0 fully saturated rings. The molecule has 0 aliphatic heterocycles. The second-order valence-corrected chi connectivity index (χ2v) is 3.03. The van der Waals surface area contributed by atoms with Gasteiger partial charge in [0.2, 0.25) is 0 Å². The Labute approximate surface area is 72.5 Å². The van der Waals surface area contributed by atoms with E-state index in [0.717, 1.165) is 16.9 Å². The van der Waals surface area contributed by atoms with E-state index in [1.807, 2.05) is 13.8 Å². The fourth-order valence-corrected chi connectivity index (χ4v) is 1.72. The summed E-state index contributed by atoms with van der Waals surface area (Å²) in [4.78, 5) is 0. The quantitative estimate of drug-likeness (QED) is 0.617. The molecule has 0 aliphatic carbocycles. The summed E-state index contributed by atoms with van der Waals surface area (Å²) in [6.45, 7) is 3.97. The standard InChI is InChI=1S/C9H12OS/c1-6-3-8(10)4-7(2)9(6)5-11/h3-4,10-11H,5H2,1-2H3. The SMILES string of the molecule is Cc1cc(O)cc(C)c1CS. The Balaban J connectivity index is 3.25. The predicted octanol–water partition coefficient (Wildman–Crippen LogP) is 2.44. The Bertz CT molecular complexity index is 245. The van der Waals surface area contributed by atoms with Crippen LogP contribution in [0.5, 0.6) is 5.75 Å². The van der Waals surface area contributed by atoms with Gasteiger partial charge in [-0.2, -0.15) is 12.6 Å². The molecule has 0 heterocycles. The molecule has 2 heteroatoms. The van der Waals surface area contributed by atoms with Gasteiger partial charge in [-0.1, -0.05) is 0 Å². The van der Waals surface area contributed by atoms with Gasteiger partial charge in [0.15, 0.2) is 0 Å². The molecule has 1 N–H and O–H groups in total. The van der Waals surface area contributed by atoms with E-state index in [1.165, 1.54) is 5.56 Å². The summed E-state index contributed by atoms with van der Waals surface area (Å²) in [5, 5.41) is 9.19. The predicted molar refractivity (Wildman–Crippen MR) is 50.3 cm³/mol. The first-order valence-electron chi connectivity index (χ1n) is 3.55. The lowest BCUT2D eigenvalue weighted by Crippen LogP contribution is -1.88. The molecule has 0 unspecified atom stereocenters. The van der Waals surface area contributed by atoms with E-state index in [0.29, 0.717) is 5.75 Å². The molecule has 1 aromatic rings. The molecule has 1 rings (SSSR count). The number of hydrogen-bond acceptors (Lipinski definition) is 2. The van der Waals surface area contributed by atoms with Gasteiger partial charge in [-0.25, -0.2) is 0 Å². The maximum Gasteiger partial charge on any atom is 0.116 e. The molecule has 0 aliphatic rings.